The smallest absolute Gasteiger partial charge is 0.255 e. The zero-order valence-corrected chi connectivity index (χ0v) is 17.4. The predicted octanol–water partition coefficient (Wildman–Crippen LogP) is 4.74. The van der Waals surface area contributed by atoms with E-state index < -0.39 is 0 Å². The van der Waals surface area contributed by atoms with Crippen molar-refractivity contribution >= 4 is 23.2 Å². The lowest BCUT2D eigenvalue weighted by molar-refractivity contribution is 0.0699. The Morgan fingerprint density at radius 1 is 0.812 bits per heavy atom. The van der Waals surface area contributed by atoms with E-state index in [9.17, 15) is 18.4 Å². The molecule has 164 valence electrons. The minimum Gasteiger partial charge on any atom is -0.355 e. The average Bonchev–Trinajstić information content (AvgIpc) is 2.81. The lowest BCUT2D eigenvalue weighted by Crippen LogP contribution is -2.46. The number of halogens is 2. The summed E-state index contributed by atoms with van der Waals surface area (Å²) >= 11 is 0. The summed E-state index contributed by atoms with van der Waals surface area (Å²) in [6.45, 7) is 1.02. The standard InChI is InChI=1S/C25H23F2N3O2/c26-18-7-5-17(6-8-18)24(31)29-21-13-15-30(16-14-21)25(32)22-3-1-2-4-23(22)28-20-11-9-19(27)10-12-20/h1-12,21,28H,13-16H2,(H,29,31). The number of hydrogen-bond donors (Lipinski definition) is 2. The fourth-order valence-electron chi connectivity index (χ4n) is 3.73. The van der Waals surface area contributed by atoms with Gasteiger partial charge in [0.2, 0.25) is 0 Å². The second-order valence-corrected chi connectivity index (χ2v) is 7.72. The molecule has 0 spiro atoms. The van der Waals surface area contributed by atoms with Crippen LogP contribution in [0.4, 0.5) is 20.2 Å². The number of benzene rings is 3. The molecule has 1 fully saturated rings. The Bertz CT molecular complexity index is 1090. The van der Waals surface area contributed by atoms with Crippen molar-refractivity contribution in [2.24, 2.45) is 0 Å². The molecule has 1 aliphatic rings. The third kappa shape index (κ3) is 5.11. The fourth-order valence-corrected chi connectivity index (χ4v) is 3.73. The number of piperidine rings is 1. The number of nitrogens with zero attached hydrogens (tertiary/aromatic N) is 1. The van der Waals surface area contributed by atoms with Crippen molar-refractivity contribution in [3.63, 3.8) is 0 Å². The first-order valence-electron chi connectivity index (χ1n) is 10.5. The van der Waals surface area contributed by atoms with E-state index in [1.807, 2.05) is 12.1 Å². The maximum absolute atomic E-state index is 13.2. The van der Waals surface area contributed by atoms with Gasteiger partial charge in [-0.25, -0.2) is 8.78 Å². The number of hydrogen-bond acceptors (Lipinski definition) is 3. The number of amides is 2. The van der Waals surface area contributed by atoms with Gasteiger partial charge in [0.05, 0.1) is 11.3 Å². The van der Waals surface area contributed by atoms with Crippen LogP contribution in [0.15, 0.2) is 72.8 Å². The first kappa shape index (κ1) is 21.5. The minimum absolute atomic E-state index is 0.0517. The van der Waals surface area contributed by atoms with E-state index in [0.717, 1.165) is 0 Å². The maximum atomic E-state index is 13.2. The van der Waals surface area contributed by atoms with Crippen molar-refractivity contribution in [2.75, 3.05) is 18.4 Å². The van der Waals surface area contributed by atoms with E-state index >= 15 is 0 Å². The lowest BCUT2D eigenvalue weighted by atomic mass is 10.0. The third-order valence-corrected chi connectivity index (χ3v) is 5.50. The van der Waals surface area contributed by atoms with E-state index in [1.54, 1.807) is 29.2 Å². The highest BCUT2D eigenvalue weighted by Gasteiger charge is 2.26. The number of carbonyl (C=O) groups excluding carboxylic acids is 2. The number of likely N-dealkylation sites (tertiary alicyclic amines) is 1. The van der Waals surface area contributed by atoms with E-state index in [1.165, 1.54) is 36.4 Å². The molecule has 0 bridgehead atoms. The zero-order valence-electron chi connectivity index (χ0n) is 17.4. The number of nitrogens with one attached hydrogen (secondary N) is 2. The monoisotopic (exact) mass is 435 g/mol. The molecular weight excluding hydrogens is 412 g/mol. The molecule has 2 amide bonds. The largest absolute Gasteiger partial charge is 0.355 e. The highest BCUT2D eigenvalue weighted by Crippen LogP contribution is 2.24. The van der Waals surface area contributed by atoms with Crippen molar-refractivity contribution in [3.8, 4) is 0 Å². The average molecular weight is 435 g/mol. The van der Waals surface area contributed by atoms with Crippen LogP contribution in [0.1, 0.15) is 33.6 Å². The molecule has 0 saturated carbocycles. The summed E-state index contributed by atoms with van der Waals surface area (Å²) in [7, 11) is 0. The Labute approximate surface area is 185 Å². The van der Waals surface area contributed by atoms with Crippen LogP contribution in [0, 0.1) is 11.6 Å². The van der Waals surface area contributed by atoms with Crippen LogP contribution in [0.25, 0.3) is 0 Å². The number of rotatable bonds is 5. The Hall–Kier alpha value is -3.74. The van der Waals surface area contributed by atoms with E-state index in [-0.39, 0.29) is 29.5 Å². The molecule has 0 radical (unpaired) electrons. The second-order valence-electron chi connectivity index (χ2n) is 7.72. The van der Waals surface area contributed by atoms with Gasteiger partial charge in [-0.15, -0.1) is 0 Å². The normalized spacial score (nSPS) is 14.1. The van der Waals surface area contributed by atoms with Crippen molar-refractivity contribution in [1.82, 2.24) is 10.2 Å². The molecule has 1 aliphatic heterocycles. The SMILES string of the molecule is O=C(NC1CCN(C(=O)c2ccccc2Nc2ccc(F)cc2)CC1)c1ccc(F)cc1. The molecule has 4 rings (SSSR count). The predicted molar refractivity (Wildman–Crippen MR) is 119 cm³/mol. The van der Waals surface area contributed by atoms with E-state index in [0.29, 0.717) is 48.4 Å². The van der Waals surface area contributed by atoms with Crippen molar-refractivity contribution < 1.29 is 18.4 Å². The Kier molecular flexibility index (Phi) is 6.44. The molecule has 3 aromatic carbocycles. The summed E-state index contributed by atoms with van der Waals surface area (Å²) in [5.74, 6) is -1.06. The van der Waals surface area contributed by atoms with Crippen LogP contribution in [0.2, 0.25) is 0 Å². The van der Waals surface area contributed by atoms with Gasteiger partial charge < -0.3 is 15.5 Å². The molecule has 0 unspecified atom stereocenters. The van der Waals surface area contributed by atoms with Gasteiger partial charge in [-0.2, -0.15) is 0 Å². The molecular formula is C25H23F2N3O2. The summed E-state index contributed by atoms with van der Waals surface area (Å²) in [5, 5.41) is 6.14. The first-order chi connectivity index (χ1) is 15.5. The summed E-state index contributed by atoms with van der Waals surface area (Å²) in [6.07, 6.45) is 1.26. The molecule has 0 atom stereocenters. The molecule has 2 N–H and O–H groups in total. The lowest BCUT2D eigenvalue weighted by Gasteiger charge is -2.33. The third-order valence-electron chi connectivity index (χ3n) is 5.50. The van der Waals surface area contributed by atoms with Crippen LogP contribution in [0.3, 0.4) is 0 Å². The molecule has 0 aliphatic carbocycles. The molecule has 1 heterocycles. The van der Waals surface area contributed by atoms with Crippen molar-refractivity contribution in [3.05, 3.63) is 95.6 Å². The van der Waals surface area contributed by atoms with Crippen molar-refractivity contribution in [1.29, 1.82) is 0 Å². The summed E-state index contributed by atoms with van der Waals surface area (Å²) in [4.78, 5) is 27.3. The minimum atomic E-state index is -0.387. The Balaban J connectivity index is 1.37. The van der Waals surface area contributed by atoms with Gasteiger partial charge in [-0.1, -0.05) is 12.1 Å². The Morgan fingerprint density at radius 3 is 2.06 bits per heavy atom. The van der Waals surface area contributed by atoms with Gasteiger partial charge in [-0.05, 0) is 73.5 Å². The second kappa shape index (κ2) is 9.60. The van der Waals surface area contributed by atoms with Crippen LogP contribution >= 0.6 is 0 Å². The fraction of sp³-hybridized carbons (Fsp3) is 0.200. The molecule has 7 heteroatoms. The first-order valence-corrected chi connectivity index (χ1v) is 10.5. The van der Waals surface area contributed by atoms with Crippen LogP contribution in [-0.2, 0) is 0 Å². The number of para-hydroxylation sites is 1. The maximum Gasteiger partial charge on any atom is 0.255 e. The summed E-state index contributed by atoms with van der Waals surface area (Å²) in [5.41, 5.74) is 2.28. The van der Waals surface area contributed by atoms with Crippen LogP contribution < -0.4 is 10.6 Å². The highest BCUT2D eigenvalue weighted by molar-refractivity contribution is 6.00. The zero-order chi connectivity index (χ0) is 22.5. The molecule has 1 saturated heterocycles. The van der Waals surface area contributed by atoms with Crippen molar-refractivity contribution in [2.45, 2.75) is 18.9 Å². The van der Waals surface area contributed by atoms with Gasteiger partial charge in [0.15, 0.2) is 0 Å². The number of carbonyl (C=O) groups is 2. The molecule has 32 heavy (non-hydrogen) atoms. The van der Waals surface area contributed by atoms with Crippen LogP contribution in [-0.4, -0.2) is 35.8 Å². The van der Waals surface area contributed by atoms with Gasteiger partial charge in [-0.3, -0.25) is 9.59 Å². The summed E-state index contributed by atoms with van der Waals surface area (Å²) < 4.78 is 26.2. The number of anilines is 2. The molecule has 0 aromatic heterocycles. The quantitative estimate of drug-likeness (QED) is 0.608. The Morgan fingerprint density at radius 2 is 1.41 bits per heavy atom. The molecule has 5 nitrogen and oxygen atoms in total. The summed E-state index contributed by atoms with van der Waals surface area (Å²) in [6, 6.07) is 18.5. The van der Waals surface area contributed by atoms with Gasteiger partial charge in [0, 0.05) is 30.4 Å². The van der Waals surface area contributed by atoms with Crippen LogP contribution in [0.5, 0.6) is 0 Å². The molecule has 3 aromatic rings. The highest BCUT2D eigenvalue weighted by atomic mass is 19.1. The van der Waals surface area contributed by atoms with Gasteiger partial charge in [0.1, 0.15) is 11.6 Å². The topological polar surface area (TPSA) is 61.4 Å². The van der Waals surface area contributed by atoms with E-state index in [2.05, 4.69) is 10.6 Å². The van der Waals surface area contributed by atoms with E-state index in [4.69, 9.17) is 0 Å². The van der Waals surface area contributed by atoms with Gasteiger partial charge in [0.25, 0.3) is 11.8 Å². The van der Waals surface area contributed by atoms with Gasteiger partial charge >= 0.3 is 0 Å².